The standard InChI is InChI=1S/C18H22N4OS/c1-4-15(14-8-6-7-13(9-14)11-19)24-12-18(5-2)10-16(23)22(3)17(20)21-18/h4,6-9H,5,10,12H2,1-3H3,(H2,20,21)/b15-4-/t18-/m0/s1. The molecule has 1 amide bonds. The van der Waals surface area contributed by atoms with Gasteiger partial charge in [0.1, 0.15) is 0 Å². The molecular formula is C18H22N4OS. The smallest absolute Gasteiger partial charge is 0.231 e. The minimum absolute atomic E-state index is 0.00143. The van der Waals surface area contributed by atoms with E-state index in [1.54, 1.807) is 24.9 Å². The summed E-state index contributed by atoms with van der Waals surface area (Å²) in [6.07, 6.45) is 3.13. The molecule has 1 aliphatic heterocycles. The second-order valence-electron chi connectivity index (χ2n) is 5.81. The van der Waals surface area contributed by atoms with E-state index in [1.165, 1.54) is 4.90 Å². The lowest BCUT2D eigenvalue weighted by molar-refractivity contribution is -0.128. The highest BCUT2D eigenvalue weighted by molar-refractivity contribution is 8.08. The Hall–Kier alpha value is -2.26. The molecule has 2 rings (SSSR count). The molecule has 0 aromatic heterocycles. The van der Waals surface area contributed by atoms with Crippen LogP contribution >= 0.6 is 11.8 Å². The van der Waals surface area contributed by atoms with Crippen LogP contribution in [0.2, 0.25) is 0 Å². The van der Waals surface area contributed by atoms with Crippen molar-refractivity contribution in [3.8, 4) is 6.07 Å². The molecule has 126 valence electrons. The maximum Gasteiger partial charge on any atom is 0.231 e. The van der Waals surface area contributed by atoms with Crippen molar-refractivity contribution < 1.29 is 4.79 Å². The lowest BCUT2D eigenvalue weighted by Crippen LogP contribution is -2.50. The molecule has 1 aromatic rings. The second kappa shape index (κ2) is 7.54. The fraction of sp³-hybridized carbons (Fsp3) is 0.389. The van der Waals surface area contributed by atoms with Crippen molar-refractivity contribution >= 4 is 28.5 Å². The molecule has 0 spiro atoms. The molecular weight excluding hydrogens is 320 g/mol. The Morgan fingerprint density at radius 2 is 2.33 bits per heavy atom. The van der Waals surface area contributed by atoms with Crippen LogP contribution in [0.5, 0.6) is 0 Å². The van der Waals surface area contributed by atoms with E-state index in [0.29, 0.717) is 17.7 Å². The molecule has 1 atom stereocenters. The van der Waals surface area contributed by atoms with Gasteiger partial charge >= 0.3 is 0 Å². The monoisotopic (exact) mass is 342 g/mol. The summed E-state index contributed by atoms with van der Waals surface area (Å²) in [6, 6.07) is 9.69. The van der Waals surface area contributed by atoms with Gasteiger partial charge in [-0.15, -0.1) is 11.8 Å². The number of benzene rings is 1. The quantitative estimate of drug-likeness (QED) is 0.892. The molecule has 0 aliphatic carbocycles. The fourth-order valence-electron chi connectivity index (χ4n) is 2.56. The summed E-state index contributed by atoms with van der Waals surface area (Å²) in [5, 5.41) is 9.06. The first-order chi connectivity index (χ1) is 11.4. The van der Waals surface area contributed by atoms with Crippen molar-refractivity contribution in [2.75, 3.05) is 12.8 Å². The Morgan fingerprint density at radius 1 is 1.58 bits per heavy atom. The molecule has 0 bridgehead atoms. The number of amides is 1. The number of carbonyl (C=O) groups is 1. The van der Waals surface area contributed by atoms with Crippen LogP contribution in [0.3, 0.4) is 0 Å². The number of nitrogens with two attached hydrogens (primary N) is 1. The maximum absolute atomic E-state index is 12.2. The van der Waals surface area contributed by atoms with E-state index in [0.717, 1.165) is 16.9 Å². The van der Waals surface area contributed by atoms with Gasteiger partial charge in [-0.3, -0.25) is 9.69 Å². The largest absolute Gasteiger partial charge is 0.369 e. The SMILES string of the molecule is C/C=C(\SC[C@]1(CC)CC(=O)N(C)C(N)=N1)c1cccc(C#N)c1. The average Bonchev–Trinajstić information content (AvgIpc) is 2.60. The van der Waals surface area contributed by atoms with Gasteiger partial charge in [0.2, 0.25) is 5.91 Å². The number of allylic oxidation sites excluding steroid dienone is 1. The Bertz CT molecular complexity index is 735. The van der Waals surface area contributed by atoms with E-state index in [1.807, 2.05) is 38.1 Å². The zero-order valence-corrected chi connectivity index (χ0v) is 15.1. The fourth-order valence-corrected chi connectivity index (χ4v) is 3.82. The van der Waals surface area contributed by atoms with Gasteiger partial charge < -0.3 is 5.73 Å². The topological polar surface area (TPSA) is 82.5 Å². The molecule has 0 unspecified atom stereocenters. The minimum atomic E-state index is -0.473. The Balaban J connectivity index is 2.20. The first kappa shape index (κ1) is 18.1. The van der Waals surface area contributed by atoms with E-state index in [4.69, 9.17) is 11.0 Å². The van der Waals surface area contributed by atoms with Gasteiger partial charge in [-0.1, -0.05) is 25.1 Å². The number of thioether (sulfide) groups is 1. The van der Waals surface area contributed by atoms with Gasteiger partial charge in [0, 0.05) is 17.7 Å². The number of hydrogen-bond donors (Lipinski definition) is 1. The van der Waals surface area contributed by atoms with Crippen LogP contribution in [0.25, 0.3) is 4.91 Å². The van der Waals surface area contributed by atoms with Crippen LogP contribution in [0, 0.1) is 11.3 Å². The summed E-state index contributed by atoms with van der Waals surface area (Å²) >= 11 is 1.65. The van der Waals surface area contributed by atoms with Gasteiger partial charge in [0.05, 0.1) is 23.6 Å². The van der Waals surface area contributed by atoms with Gasteiger partial charge in [-0.2, -0.15) is 5.26 Å². The third-order valence-corrected chi connectivity index (χ3v) is 5.71. The van der Waals surface area contributed by atoms with Gasteiger partial charge in [-0.05, 0) is 31.0 Å². The summed E-state index contributed by atoms with van der Waals surface area (Å²) in [5.41, 5.74) is 7.07. The highest BCUT2D eigenvalue weighted by atomic mass is 32.2. The predicted octanol–water partition coefficient (Wildman–Crippen LogP) is 2.98. The summed E-state index contributed by atoms with van der Waals surface area (Å²) in [6.45, 7) is 4.00. The highest BCUT2D eigenvalue weighted by Gasteiger charge is 2.37. The molecule has 1 aromatic carbocycles. The van der Waals surface area contributed by atoms with Gasteiger partial charge in [0.25, 0.3) is 0 Å². The summed E-state index contributed by atoms with van der Waals surface area (Å²) < 4.78 is 0. The Labute approximate surface area is 147 Å². The summed E-state index contributed by atoms with van der Waals surface area (Å²) in [4.78, 5) is 19.2. The minimum Gasteiger partial charge on any atom is -0.369 e. The molecule has 0 saturated carbocycles. The van der Waals surface area contributed by atoms with E-state index < -0.39 is 5.54 Å². The third kappa shape index (κ3) is 3.80. The highest BCUT2D eigenvalue weighted by Crippen LogP contribution is 2.36. The zero-order valence-electron chi connectivity index (χ0n) is 14.2. The third-order valence-electron chi connectivity index (χ3n) is 4.24. The van der Waals surface area contributed by atoms with Gasteiger partial charge in [0.15, 0.2) is 5.96 Å². The lowest BCUT2D eigenvalue weighted by atomic mass is 9.93. The maximum atomic E-state index is 12.2. The van der Waals surface area contributed by atoms with E-state index in [2.05, 4.69) is 11.1 Å². The number of carbonyl (C=O) groups excluding carboxylic acids is 1. The predicted molar refractivity (Wildman–Crippen MR) is 99.3 cm³/mol. The molecule has 6 heteroatoms. The van der Waals surface area contributed by atoms with Crippen molar-refractivity contribution in [2.24, 2.45) is 10.7 Å². The molecule has 2 N–H and O–H groups in total. The molecule has 0 fully saturated rings. The molecule has 24 heavy (non-hydrogen) atoms. The van der Waals surface area contributed by atoms with Crippen LogP contribution < -0.4 is 5.73 Å². The first-order valence-corrected chi connectivity index (χ1v) is 8.85. The number of guanidine groups is 1. The van der Waals surface area contributed by atoms with Crippen LogP contribution in [-0.4, -0.2) is 35.1 Å². The Morgan fingerprint density at radius 3 is 2.92 bits per heavy atom. The van der Waals surface area contributed by atoms with Crippen molar-refractivity contribution in [2.45, 2.75) is 32.2 Å². The molecule has 0 saturated heterocycles. The number of nitrogens with zero attached hydrogens (tertiary/aromatic N) is 3. The normalized spacial score (nSPS) is 21.4. The van der Waals surface area contributed by atoms with Crippen LogP contribution in [-0.2, 0) is 4.79 Å². The number of nitriles is 1. The van der Waals surface area contributed by atoms with Crippen LogP contribution in [0.15, 0.2) is 35.3 Å². The zero-order chi connectivity index (χ0) is 17.7. The van der Waals surface area contributed by atoms with Crippen LogP contribution in [0.4, 0.5) is 0 Å². The molecule has 0 radical (unpaired) electrons. The van der Waals surface area contributed by atoms with E-state index in [9.17, 15) is 4.79 Å². The lowest BCUT2D eigenvalue weighted by Gasteiger charge is -2.35. The average molecular weight is 342 g/mol. The van der Waals surface area contributed by atoms with E-state index in [-0.39, 0.29) is 11.9 Å². The summed E-state index contributed by atoms with van der Waals surface area (Å²) in [7, 11) is 1.65. The van der Waals surface area contributed by atoms with Gasteiger partial charge in [-0.25, -0.2) is 4.99 Å². The van der Waals surface area contributed by atoms with Crippen molar-refractivity contribution in [1.29, 1.82) is 5.26 Å². The van der Waals surface area contributed by atoms with Crippen LogP contribution in [0.1, 0.15) is 37.8 Å². The molecule has 1 aliphatic rings. The first-order valence-electron chi connectivity index (χ1n) is 7.86. The second-order valence-corrected chi connectivity index (χ2v) is 6.83. The molecule has 1 heterocycles. The van der Waals surface area contributed by atoms with Crippen molar-refractivity contribution in [1.82, 2.24) is 4.90 Å². The number of hydrogen-bond acceptors (Lipinski definition) is 5. The number of aliphatic imine (C=N–C) groups is 1. The van der Waals surface area contributed by atoms with Crippen molar-refractivity contribution in [3.05, 3.63) is 41.5 Å². The van der Waals surface area contributed by atoms with Crippen molar-refractivity contribution in [3.63, 3.8) is 0 Å². The Kier molecular flexibility index (Phi) is 5.68. The summed E-state index contributed by atoms with van der Waals surface area (Å²) in [5.74, 6) is 0.945. The number of rotatable bonds is 5. The molecule has 5 nitrogen and oxygen atoms in total. The van der Waals surface area contributed by atoms with E-state index >= 15 is 0 Å².